The Labute approximate surface area is 68.0 Å². The van der Waals surface area contributed by atoms with Crippen LogP contribution in [0.2, 0.25) is 0 Å². The number of halogens is 3. The number of rotatable bonds is 1. The number of nitrogens with zero attached hydrogens (tertiary/aromatic N) is 1. The first-order valence-electron chi connectivity index (χ1n) is 2.13. The third-order valence-electron chi connectivity index (χ3n) is 0.475. The minimum absolute atomic E-state index is 0.199. The van der Waals surface area contributed by atoms with E-state index < -0.39 is 9.13 Å². The lowest BCUT2D eigenvalue weighted by molar-refractivity contribution is -0.461. The molecule has 0 atom stereocenters. The number of carbonyl (C=O) groups is 1. The van der Waals surface area contributed by atoms with Gasteiger partial charge in [0.2, 0.25) is 35.3 Å². The molecule has 0 unspecified atom stereocenters. The predicted octanol–water partition coefficient (Wildman–Crippen LogP) is 2.42. The molecule has 0 bridgehead atoms. The highest BCUT2D eigenvalue weighted by Crippen LogP contribution is 2.23. The van der Waals surface area contributed by atoms with Gasteiger partial charge >= 0.3 is 6.09 Å². The van der Waals surface area contributed by atoms with Crippen molar-refractivity contribution in [2.24, 2.45) is 0 Å². The topological polar surface area (TPSA) is 26.3 Å². The van der Waals surface area contributed by atoms with Gasteiger partial charge in [-0.2, -0.15) is 4.79 Å². The average Bonchev–Trinajstić information content (AvgIpc) is 1.64. The molecule has 0 heterocycles. The molecular weight excluding hydrogens is 188 g/mol. The summed E-state index contributed by atoms with van der Waals surface area (Å²) in [5.41, 5.74) is 0. The van der Waals surface area contributed by atoms with Gasteiger partial charge in [0.05, 0.1) is 9.65 Å². The molecule has 0 saturated heterocycles. The van der Waals surface area contributed by atoms with E-state index in [2.05, 4.69) is 4.74 Å². The number of quaternary nitrogens is 1. The molecule has 0 aromatic heterocycles. The van der Waals surface area contributed by atoms with Crippen molar-refractivity contribution in [2.45, 2.75) is 6.92 Å². The monoisotopic (exact) mass is 192 g/mol. The summed E-state index contributed by atoms with van der Waals surface area (Å²) in [5.74, 6) is 0. The fourth-order valence-corrected chi connectivity index (χ4v) is 0.343. The van der Waals surface area contributed by atoms with E-state index >= 15 is 0 Å². The van der Waals surface area contributed by atoms with E-state index in [1.807, 2.05) is 0 Å². The number of hydrogen-bond donors (Lipinski definition) is 0. The van der Waals surface area contributed by atoms with Crippen molar-refractivity contribution in [3.05, 3.63) is 0 Å². The van der Waals surface area contributed by atoms with Gasteiger partial charge in [0.25, 0.3) is 0 Å². The van der Waals surface area contributed by atoms with Crippen molar-refractivity contribution in [3.8, 4) is 0 Å². The van der Waals surface area contributed by atoms with Gasteiger partial charge in [-0.05, 0) is 6.92 Å². The van der Waals surface area contributed by atoms with Gasteiger partial charge in [-0.15, -0.1) is 0 Å². The van der Waals surface area contributed by atoms with E-state index in [-0.39, 0.29) is 6.61 Å². The fraction of sp³-hybridized carbons (Fsp3) is 0.667. The minimum atomic E-state index is -1.35. The van der Waals surface area contributed by atoms with E-state index in [0.717, 1.165) is 0 Å². The summed E-state index contributed by atoms with van der Waals surface area (Å²) in [7, 11) is 0. The van der Waals surface area contributed by atoms with Crippen molar-refractivity contribution < 1.29 is 12.6 Å². The first-order chi connectivity index (χ1) is 3.98. The molecule has 0 saturated carbocycles. The Bertz CT molecular complexity index is 110. The Morgan fingerprint density at radius 2 is 2.00 bits per heavy atom. The largest absolute Gasteiger partial charge is 0.573 e. The van der Waals surface area contributed by atoms with E-state index in [1.54, 1.807) is 6.92 Å². The molecule has 0 aromatic carbocycles. The normalized spacial score (nSPS) is 11.1. The molecule has 0 fully saturated rings. The summed E-state index contributed by atoms with van der Waals surface area (Å²) < 4.78 is 2.99. The Balaban J connectivity index is 3.74. The summed E-state index contributed by atoms with van der Waals surface area (Å²) >= 11 is 15.2. The van der Waals surface area contributed by atoms with Gasteiger partial charge in [0, 0.05) is 0 Å². The second-order valence-electron chi connectivity index (χ2n) is 1.14. The van der Waals surface area contributed by atoms with Crippen molar-refractivity contribution in [2.75, 3.05) is 6.61 Å². The van der Waals surface area contributed by atoms with Crippen LogP contribution in [-0.2, 0) is 4.74 Å². The zero-order valence-corrected chi connectivity index (χ0v) is 6.87. The summed E-state index contributed by atoms with van der Waals surface area (Å²) in [6.45, 7) is 1.82. The van der Waals surface area contributed by atoms with E-state index in [1.165, 1.54) is 0 Å². The molecule has 0 aliphatic rings. The summed E-state index contributed by atoms with van der Waals surface area (Å²) in [4.78, 5) is 10.4. The van der Waals surface area contributed by atoms with Crippen LogP contribution in [0, 0.1) is 0 Å². The van der Waals surface area contributed by atoms with Crippen LogP contribution in [0.4, 0.5) is 4.79 Å². The highest BCUT2D eigenvalue weighted by molar-refractivity contribution is 6.42. The summed E-state index contributed by atoms with van der Waals surface area (Å²) in [5, 5.41) is 0. The van der Waals surface area contributed by atoms with Crippen LogP contribution >= 0.6 is 35.3 Å². The van der Waals surface area contributed by atoms with E-state index in [0.29, 0.717) is 0 Å². The lowest BCUT2D eigenvalue weighted by Crippen LogP contribution is -2.24. The zero-order valence-electron chi connectivity index (χ0n) is 4.60. The maximum atomic E-state index is 10.4. The first kappa shape index (κ1) is 9.30. The maximum absolute atomic E-state index is 10.4. The van der Waals surface area contributed by atoms with Crippen molar-refractivity contribution in [1.82, 2.24) is 0 Å². The van der Waals surface area contributed by atoms with Crippen LogP contribution in [0.1, 0.15) is 6.92 Å². The van der Waals surface area contributed by atoms with Crippen molar-refractivity contribution in [3.63, 3.8) is 0 Å². The molecule has 0 aromatic rings. The van der Waals surface area contributed by atoms with Crippen LogP contribution < -0.4 is 0 Å². The molecule has 54 valence electrons. The van der Waals surface area contributed by atoms with E-state index in [9.17, 15) is 4.79 Å². The van der Waals surface area contributed by atoms with Gasteiger partial charge in [-0.3, -0.25) is 0 Å². The molecule has 3 nitrogen and oxygen atoms in total. The zero-order chi connectivity index (χ0) is 7.49. The maximum Gasteiger partial charge on any atom is 0.573 e. The Hall–Kier alpha value is 0.300. The lowest BCUT2D eigenvalue weighted by Gasteiger charge is -2.02. The van der Waals surface area contributed by atoms with Crippen LogP contribution in [-0.4, -0.2) is 15.7 Å². The molecule has 0 spiro atoms. The van der Waals surface area contributed by atoms with Crippen molar-refractivity contribution in [1.29, 1.82) is 0 Å². The molecule has 0 aliphatic carbocycles. The SMILES string of the molecule is CCOC(=O)[N+](Cl)(Cl)Cl. The first-order valence-corrected chi connectivity index (χ1v) is 3.15. The van der Waals surface area contributed by atoms with Gasteiger partial charge in [0.1, 0.15) is 0 Å². The smallest absolute Gasteiger partial charge is 0.417 e. The third kappa shape index (κ3) is 3.81. The van der Waals surface area contributed by atoms with Crippen LogP contribution in [0.25, 0.3) is 0 Å². The second kappa shape index (κ2) is 3.46. The second-order valence-corrected chi connectivity index (χ2v) is 3.18. The van der Waals surface area contributed by atoms with Crippen LogP contribution in [0.15, 0.2) is 0 Å². The van der Waals surface area contributed by atoms with Gasteiger partial charge < -0.3 is 4.74 Å². The van der Waals surface area contributed by atoms with Gasteiger partial charge in [0.15, 0.2) is 0 Å². The van der Waals surface area contributed by atoms with E-state index in [4.69, 9.17) is 35.3 Å². The molecule has 6 heteroatoms. The fourth-order valence-electron chi connectivity index (χ4n) is 0.197. The number of ether oxygens (including phenoxy) is 1. The molecule has 0 radical (unpaired) electrons. The average molecular weight is 193 g/mol. The van der Waals surface area contributed by atoms with Crippen LogP contribution in [0.5, 0.6) is 0 Å². The highest BCUT2D eigenvalue weighted by atomic mass is 35.6. The molecule has 0 N–H and O–H groups in total. The predicted molar refractivity (Wildman–Crippen MR) is 34.8 cm³/mol. The lowest BCUT2D eigenvalue weighted by atomic mass is 10.9. The highest BCUT2D eigenvalue weighted by Gasteiger charge is 2.36. The minimum Gasteiger partial charge on any atom is -0.417 e. The van der Waals surface area contributed by atoms with Gasteiger partial charge in [-0.1, -0.05) is 0 Å². The quantitative estimate of drug-likeness (QED) is 0.598. The Kier molecular flexibility index (Phi) is 3.58. The Morgan fingerprint density at radius 1 is 1.56 bits per heavy atom. The molecule has 9 heavy (non-hydrogen) atoms. The third-order valence-corrected chi connectivity index (χ3v) is 0.889. The number of hydrogen-bond acceptors (Lipinski definition) is 2. The number of carbonyl (C=O) groups excluding carboxylic acids is 1. The Morgan fingerprint density at radius 3 is 2.11 bits per heavy atom. The van der Waals surface area contributed by atoms with Crippen molar-refractivity contribution >= 4 is 41.4 Å². The summed E-state index contributed by atoms with van der Waals surface area (Å²) in [6.07, 6.45) is -0.900. The summed E-state index contributed by atoms with van der Waals surface area (Å²) in [6, 6.07) is 0. The molecule has 1 amide bonds. The standard InChI is InChI=1S/C3H5Cl3NO2/c1-2-9-3(8)7(4,5)6/h2H2,1H3/q+1. The molecule has 0 aliphatic heterocycles. The number of amides is 1. The van der Waals surface area contributed by atoms with Gasteiger partial charge in [-0.25, -0.2) is 0 Å². The van der Waals surface area contributed by atoms with Crippen LogP contribution in [0.3, 0.4) is 0 Å². The molecular formula is C3H5Cl3NO2+. The molecule has 0 rings (SSSR count).